The molecule has 0 bridgehead atoms. The molecular formula is C21H20N4O3. The van der Waals surface area contributed by atoms with Gasteiger partial charge >= 0.3 is 0 Å². The molecule has 4 rings (SSSR count). The van der Waals surface area contributed by atoms with Crippen LogP contribution in [-0.4, -0.2) is 38.4 Å². The molecule has 28 heavy (non-hydrogen) atoms. The van der Waals surface area contributed by atoms with Crippen molar-refractivity contribution in [1.82, 2.24) is 20.1 Å². The van der Waals surface area contributed by atoms with Gasteiger partial charge in [0.1, 0.15) is 12.3 Å². The fourth-order valence-corrected chi connectivity index (χ4v) is 3.01. The molecule has 0 radical (unpaired) electrons. The lowest BCUT2D eigenvalue weighted by Gasteiger charge is -2.12. The Balaban J connectivity index is 1.84. The van der Waals surface area contributed by atoms with Crippen molar-refractivity contribution in [1.29, 1.82) is 0 Å². The number of aliphatic hydroxyl groups excluding tert-OH is 1. The van der Waals surface area contributed by atoms with Crippen LogP contribution in [0.5, 0.6) is 0 Å². The van der Waals surface area contributed by atoms with E-state index in [1.54, 1.807) is 30.1 Å². The molecular weight excluding hydrogens is 356 g/mol. The predicted molar refractivity (Wildman–Crippen MR) is 105 cm³/mol. The molecule has 142 valence electrons. The number of nitrogens with zero attached hydrogens (tertiary/aromatic N) is 3. The number of pyridine rings is 1. The van der Waals surface area contributed by atoms with Crippen molar-refractivity contribution >= 4 is 16.9 Å². The van der Waals surface area contributed by atoms with Gasteiger partial charge in [-0.1, -0.05) is 30.3 Å². The molecule has 0 aliphatic heterocycles. The quantitative estimate of drug-likeness (QED) is 0.540. The Bertz CT molecular complexity index is 1090. The van der Waals surface area contributed by atoms with E-state index in [2.05, 4.69) is 10.4 Å². The number of nitrogens with one attached hydrogen (secondary N) is 1. The maximum absolute atomic E-state index is 12.8. The minimum Gasteiger partial charge on any atom is -0.467 e. The van der Waals surface area contributed by atoms with E-state index in [0.717, 1.165) is 11.3 Å². The van der Waals surface area contributed by atoms with Crippen LogP contribution >= 0.6 is 0 Å². The first-order chi connectivity index (χ1) is 13.7. The van der Waals surface area contributed by atoms with Crippen molar-refractivity contribution in [3.63, 3.8) is 0 Å². The van der Waals surface area contributed by atoms with Crippen LogP contribution in [0.4, 0.5) is 0 Å². The summed E-state index contributed by atoms with van der Waals surface area (Å²) in [5, 5.41) is 17.1. The second-order valence-electron chi connectivity index (χ2n) is 6.60. The summed E-state index contributed by atoms with van der Waals surface area (Å²) >= 11 is 0. The number of fused-ring (bicyclic) bond motifs is 1. The summed E-state index contributed by atoms with van der Waals surface area (Å²) in [4.78, 5) is 17.6. The largest absolute Gasteiger partial charge is 0.467 e. The van der Waals surface area contributed by atoms with Crippen molar-refractivity contribution in [3.05, 3.63) is 72.3 Å². The maximum Gasteiger partial charge on any atom is 0.252 e. The third kappa shape index (κ3) is 3.52. The highest BCUT2D eigenvalue weighted by atomic mass is 16.3. The Hall–Kier alpha value is -3.45. The molecule has 0 spiro atoms. The molecule has 1 atom stereocenters. The molecule has 1 unspecified atom stereocenters. The van der Waals surface area contributed by atoms with Crippen LogP contribution in [0.15, 0.2) is 65.4 Å². The summed E-state index contributed by atoms with van der Waals surface area (Å²) in [6.45, 7) is 2.02. The third-order valence-electron chi connectivity index (χ3n) is 4.46. The van der Waals surface area contributed by atoms with Crippen molar-refractivity contribution in [2.24, 2.45) is 0 Å². The second kappa shape index (κ2) is 7.66. The first-order valence-corrected chi connectivity index (χ1v) is 9.02. The van der Waals surface area contributed by atoms with Gasteiger partial charge in [-0.05, 0) is 25.1 Å². The lowest BCUT2D eigenvalue weighted by molar-refractivity contribution is 0.0924. The minimum absolute atomic E-state index is 0.136. The number of amides is 1. The van der Waals surface area contributed by atoms with E-state index < -0.39 is 0 Å². The molecule has 1 aromatic carbocycles. The monoisotopic (exact) mass is 376 g/mol. The molecule has 1 amide bonds. The van der Waals surface area contributed by atoms with Gasteiger partial charge in [-0.15, -0.1) is 0 Å². The van der Waals surface area contributed by atoms with Gasteiger partial charge in [0.2, 0.25) is 0 Å². The Kier molecular flexibility index (Phi) is 4.90. The van der Waals surface area contributed by atoms with Gasteiger partial charge in [0.15, 0.2) is 5.65 Å². The summed E-state index contributed by atoms with van der Waals surface area (Å²) in [5.41, 5.74) is 2.64. The molecule has 7 heteroatoms. The number of aliphatic hydroxyl groups is 1. The fraction of sp³-hybridized carbons (Fsp3) is 0.190. The smallest absolute Gasteiger partial charge is 0.252 e. The lowest BCUT2D eigenvalue weighted by atomic mass is 10.1. The Morgan fingerprint density at radius 3 is 2.79 bits per heavy atom. The molecule has 7 nitrogen and oxygen atoms in total. The lowest BCUT2D eigenvalue weighted by Crippen LogP contribution is -2.35. The standard InChI is InChI=1S/C21H20N4O3/c1-14(13-26)23-21(27)17-10-19(15-6-3-2-4-7-15)24-20-18(17)11-22-25(20)12-16-8-5-9-28-16/h2-11,14,26H,12-13H2,1H3,(H,23,27). The van der Waals surface area contributed by atoms with E-state index in [4.69, 9.17) is 9.40 Å². The first kappa shape index (κ1) is 17.9. The van der Waals surface area contributed by atoms with E-state index in [-0.39, 0.29) is 18.6 Å². The zero-order chi connectivity index (χ0) is 19.5. The zero-order valence-corrected chi connectivity index (χ0v) is 15.4. The number of carbonyl (C=O) groups excluding carboxylic acids is 1. The molecule has 4 aromatic rings. The first-order valence-electron chi connectivity index (χ1n) is 9.02. The van der Waals surface area contributed by atoms with Gasteiger partial charge in [0, 0.05) is 11.6 Å². The van der Waals surface area contributed by atoms with Crippen LogP contribution in [0.2, 0.25) is 0 Å². The van der Waals surface area contributed by atoms with Crippen LogP contribution in [0.3, 0.4) is 0 Å². The van der Waals surface area contributed by atoms with Crippen molar-refractivity contribution in [3.8, 4) is 11.3 Å². The number of rotatable bonds is 6. The van der Waals surface area contributed by atoms with Gasteiger partial charge in [-0.3, -0.25) is 4.79 Å². The maximum atomic E-state index is 12.8. The highest BCUT2D eigenvalue weighted by molar-refractivity contribution is 6.06. The number of furan rings is 1. The van der Waals surface area contributed by atoms with E-state index in [1.165, 1.54) is 0 Å². The summed E-state index contributed by atoms with van der Waals surface area (Å²) in [6, 6.07) is 14.8. The highest BCUT2D eigenvalue weighted by Crippen LogP contribution is 2.25. The van der Waals surface area contributed by atoms with Crippen molar-refractivity contribution < 1.29 is 14.3 Å². The highest BCUT2D eigenvalue weighted by Gasteiger charge is 2.19. The topological polar surface area (TPSA) is 93.2 Å². The molecule has 0 saturated heterocycles. The van der Waals surface area contributed by atoms with Crippen LogP contribution < -0.4 is 5.32 Å². The van der Waals surface area contributed by atoms with Crippen molar-refractivity contribution in [2.75, 3.05) is 6.61 Å². The molecule has 0 aliphatic rings. The van der Waals surface area contributed by atoms with E-state index in [0.29, 0.717) is 28.8 Å². The van der Waals surface area contributed by atoms with Crippen LogP contribution in [-0.2, 0) is 6.54 Å². The average Bonchev–Trinajstić information content (AvgIpc) is 3.38. The van der Waals surface area contributed by atoms with Gasteiger partial charge in [0.25, 0.3) is 5.91 Å². The number of benzene rings is 1. The average molecular weight is 376 g/mol. The van der Waals surface area contributed by atoms with Gasteiger partial charge in [0.05, 0.1) is 35.7 Å². The molecule has 0 saturated carbocycles. The Morgan fingerprint density at radius 2 is 2.07 bits per heavy atom. The third-order valence-corrected chi connectivity index (χ3v) is 4.46. The Morgan fingerprint density at radius 1 is 1.25 bits per heavy atom. The summed E-state index contributed by atoms with van der Waals surface area (Å²) in [5.74, 6) is 0.473. The fourth-order valence-electron chi connectivity index (χ4n) is 3.01. The molecule has 0 fully saturated rings. The van der Waals surface area contributed by atoms with Gasteiger partial charge in [-0.25, -0.2) is 9.67 Å². The van der Waals surface area contributed by atoms with Gasteiger partial charge in [-0.2, -0.15) is 5.10 Å². The predicted octanol–water partition coefficient (Wildman–Crippen LogP) is 2.85. The Labute approximate surface area is 161 Å². The van der Waals surface area contributed by atoms with E-state index in [9.17, 15) is 9.90 Å². The van der Waals surface area contributed by atoms with Crippen LogP contribution in [0.1, 0.15) is 23.0 Å². The van der Waals surface area contributed by atoms with E-state index in [1.807, 2.05) is 42.5 Å². The zero-order valence-electron chi connectivity index (χ0n) is 15.4. The summed E-state index contributed by atoms with van der Waals surface area (Å²) in [7, 11) is 0. The van der Waals surface area contributed by atoms with E-state index >= 15 is 0 Å². The number of aromatic nitrogens is 3. The van der Waals surface area contributed by atoms with Crippen LogP contribution in [0.25, 0.3) is 22.3 Å². The SMILES string of the molecule is CC(CO)NC(=O)c1cc(-c2ccccc2)nc2c1cnn2Cc1ccco1. The summed E-state index contributed by atoms with van der Waals surface area (Å²) < 4.78 is 7.13. The van der Waals surface area contributed by atoms with Crippen LogP contribution in [0, 0.1) is 0 Å². The minimum atomic E-state index is -0.353. The van der Waals surface area contributed by atoms with Gasteiger partial charge < -0.3 is 14.8 Å². The molecule has 3 aromatic heterocycles. The summed E-state index contributed by atoms with van der Waals surface area (Å²) in [6.07, 6.45) is 3.25. The normalized spacial score (nSPS) is 12.2. The second-order valence-corrected chi connectivity index (χ2v) is 6.60. The van der Waals surface area contributed by atoms with Crippen molar-refractivity contribution in [2.45, 2.75) is 19.5 Å². The number of hydrogen-bond donors (Lipinski definition) is 2. The molecule has 0 aliphatic carbocycles. The molecule has 2 N–H and O–H groups in total. The molecule has 3 heterocycles. The number of hydrogen-bond acceptors (Lipinski definition) is 5. The number of carbonyl (C=O) groups is 1.